The molecule has 2 aromatic heterocycles. The van der Waals surface area contributed by atoms with Crippen molar-refractivity contribution >= 4 is 29.4 Å². The van der Waals surface area contributed by atoms with Crippen LogP contribution in [0.4, 0.5) is 5.82 Å². The van der Waals surface area contributed by atoms with Gasteiger partial charge >= 0.3 is 0 Å². The van der Waals surface area contributed by atoms with Gasteiger partial charge in [0.1, 0.15) is 0 Å². The standard InChI is InChI=1S/C21H19N7O3S/c1-14(29)23-19-18(26-31-27-19)20-24-25-21(28(20)16-10-6-3-7-11-16)32-13-17(30)22-12-15-8-4-2-5-9-15/h2-11H,12-13H2,1H3,(H,22,30)(H,23,27,29). The van der Waals surface area contributed by atoms with Gasteiger partial charge in [-0.25, -0.2) is 4.63 Å². The Hall–Kier alpha value is -3.99. The number of hydrogen-bond donors (Lipinski definition) is 2. The van der Waals surface area contributed by atoms with Crippen LogP contribution < -0.4 is 10.6 Å². The number of nitrogens with zero attached hydrogens (tertiary/aromatic N) is 5. The van der Waals surface area contributed by atoms with E-state index in [0.29, 0.717) is 17.5 Å². The molecule has 0 atom stereocenters. The van der Waals surface area contributed by atoms with E-state index in [1.54, 1.807) is 4.57 Å². The van der Waals surface area contributed by atoms with E-state index in [4.69, 9.17) is 4.63 Å². The number of nitrogens with one attached hydrogen (secondary N) is 2. The van der Waals surface area contributed by atoms with Gasteiger partial charge in [-0.2, -0.15) is 0 Å². The van der Waals surface area contributed by atoms with Gasteiger partial charge in [-0.05, 0) is 28.0 Å². The highest BCUT2D eigenvalue weighted by Gasteiger charge is 2.23. The molecule has 0 saturated carbocycles. The second-order valence-electron chi connectivity index (χ2n) is 6.67. The third-order valence-corrected chi connectivity index (χ3v) is 5.24. The van der Waals surface area contributed by atoms with Crippen LogP contribution in [0, 0.1) is 0 Å². The lowest BCUT2D eigenvalue weighted by Gasteiger charge is -2.09. The molecule has 10 nitrogen and oxygen atoms in total. The van der Waals surface area contributed by atoms with E-state index in [2.05, 4.69) is 31.1 Å². The Morgan fingerprint density at radius 2 is 1.72 bits per heavy atom. The molecule has 0 aliphatic rings. The third kappa shape index (κ3) is 5.01. The van der Waals surface area contributed by atoms with Crippen molar-refractivity contribution in [3.63, 3.8) is 0 Å². The number of carbonyl (C=O) groups is 2. The summed E-state index contributed by atoms with van der Waals surface area (Å²) in [6.45, 7) is 1.80. The lowest BCUT2D eigenvalue weighted by Crippen LogP contribution is -2.24. The van der Waals surface area contributed by atoms with Crippen molar-refractivity contribution in [3.05, 3.63) is 66.2 Å². The fraction of sp³-hybridized carbons (Fsp3) is 0.143. The summed E-state index contributed by atoms with van der Waals surface area (Å²) in [7, 11) is 0. The molecule has 0 fully saturated rings. The molecule has 2 aromatic carbocycles. The van der Waals surface area contributed by atoms with E-state index >= 15 is 0 Å². The Morgan fingerprint density at radius 1 is 1.00 bits per heavy atom. The van der Waals surface area contributed by atoms with Gasteiger partial charge in [0, 0.05) is 19.2 Å². The number of aromatic nitrogens is 5. The third-order valence-electron chi connectivity index (χ3n) is 4.31. The lowest BCUT2D eigenvalue weighted by molar-refractivity contribution is -0.118. The molecule has 0 aliphatic carbocycles. The van der Waals surface area contributed by atoms with Crippen LogP contribution in [-0.2, 0) is 16.1 Å². The van der Waals surface area contributed by atoms with Gasteiger partial charge in [0.05, 0.1) is 5.75 Å². The summed E-state index contributed by atoms with van der Waals surface area (Å²) in [5.74, 6) is 0.156. The van der Waals surface area contributed by atoms with Gasteiger partial charge in [-0.1, -0.05) is 60.3 Å². The molecule has 0 spiro atoms. The molecule has 2 heterocycles. The maximum absolute atomic E-state index is 12.4. The van der Waals surface area contributed by atoms with Crippen LogP contribution in [0.5, 0.6) is 0 Å². The zero-order valence-electron chi connectivity index (χ0n) is 17.1. The molecule has 0 bridgehead atoms. The Labute approximate surface area is 187 Å². The largest absolute Gasteiger partial charge is 0.351 e. The van der Waals surface area contributed by atoms with Crippen LogP contribution in [0.15, 0.2) is 70.4 Å². The minimum atomic E-state index is -0.322. The Morgan fingerprint density at radius 3 is 2.44 bits per heavy atom. The van der Waals surface area contributed by atoms with E-state index in [1.165, 1.54) is 18.7 Å². The second-order valence-corrected chi connectivity index (χ2v) is 7.61. The fourth-order valence-electron chi connectivity index (χ4n) is 2.89. The minimum Gasteiger partial charge on any atom is -0.351 e. The zero-order valence-corrected chi connectivity index (χ0v) is 17.9. The van der Waals surface area contributed by atoms with Crippen molar-refractivity contribution in [1.29, 1.82) is 0 Å². The molecule has 0 saturated heterocycles. The monoisotopic (exact) mass is 449 g/mol. The smallest absolute Gasteiger partial charge is 0.230 e. The van der Waals surface area contributed by atoms with E-state index in [1.807, 2.05) is 60.7 Å². The quantitative estimate of drug-likeness (QED) is 0.393. The maximum atomic E-state index is 12.4. The average Bonchev–Trinajstić information content (AvgIpc) is 3.43. The first-order valence-electron chi connectivity index (χ1n) is 9.66. The van der Waals surface area contributed by atoms with Gasteiger partial charge in [-0.15, -0.1) is 10.2 Å². The fourth-order valence-corrected chi connectivity index (χ4v) is 3.67. The highest BCUT2D eigenvalue weighted by Crippen LogP contribution is 2.30. The highest BCUT2D eigenvalue weighted by atomic mass is 32.2. The summed E-state index contributed by atoms with van der Waals surface area (Å²) in [5, 5.41) is 22.0. The van der Waals surface area contributed by atoms with E-state index in [0.717, 1.165) is 11.3 Å². The number of para-hydroxylation sites is 1. The van der Waals surface area contributed by atoms with Crippen molar-refractivity contribution in [2.75, 3.05) is 11.1 Å². The zero-order chi connectivity index (χ0) is 22.3. The minimum absolute atomic E-state index is 0.134. The maximum Gasteiger partial charge on any atom is 0.230 e. The second kappa shape index (κ2) is 9.88. The van der Waals surface area contributed by atoms with Crippen LogP contribution in [0.1, 0.15) is 12.5 Å². The number of thioether (sulfide) groups is 1. The van der Waals surface area contributed by atoms with E-state index in [-0.39, 0.29) is 29.1 Å². The summed E-state index contributed by atoms with van der Waals surface area (Å²) >= 11 is 1.23. The van der Waals surface area contributed by atoms with E-state index < -0.39 is 0 Å². The molecule has 162 valence electrons. The predicted octanol–water partition coefficient (Wildman–Crippen LogP) is 2.68. The first-order chi connectivity index (χ1) is 15.6. The summed E-state index contributed by atoms with van der Waals surface area (Å²) < 4.78 is 6.54. The van der Waals surface area contributed by atoms with Crippen LogP contribution in [-0.4, -0.2) is 42.6 Å². The summed E-state index contributed by atoms with van der Waals surface area (Å²) in [5.41, 5.74) is 2.01. The van der Waals surface area contributed by atoms with Gasteiger partial charge in [0.25, 0.3) is 0 Å². The van der Waals surface area contributed by atoms with Gasteiger partial charge in [0.2, 0.25) is 17.6 Å². The SMILES string of the molecule is CC(=O)Nc1nonc1-c1nnc(SCC(=O)NCc2ccccc2)n1-c1ccccc1. The Kier molecular flexibility index (Phi) is 6.56. The molecule has 11 heteroatoms. The van der Waals surface area contributed by atoms with Crippen molar-refractivity contribution in [2.24, 2.45) is 0 Å². The first-order valence-corrected chi connectivity index (χ1v) is 10.6. The molecule has 0 unspecified atom stereocenters. The van der Waals surface area contributed by atoms with Crippen LogP contribution in [0.3, 0.4) is 0 Å². The topological polar surface area (TPSA) is 128 Å². The summed E-state index contributed by atoms with van der Waals surface area (Å²) in [6.07, 6.45) is 0. The van der Waals surface area contributed by atoms with Gasteiger partial charge in [0.15, 0.2) is 16.7 Å². The Bertz CT molecular complexity index is 1210. The molecule has 2 amide bonds. The van der Waals surface area contributed by atoms with Crippen LogP contribution in [0.2, 0.25) is 0 Å². The molecule has 32 heavy (non-hydrogen) atoms. The molecule has 0 radical (unpaired) electrons. The number of carbonyl (C=O) groups excluding carboxylic acids is 2. The van der Waals surface area contributed by atoms with Crippen LogP contribution >= 0.6 is 11.8 Å². The predicted molar refractivity (Wildman–Crippen MR) is 118 cm³/mol. The molecule has 4 aromatic rings. The highest BCUT2D eigenvalue weighted by molar-refractivity contribution is 7.99. The van der Waals surface area contributed by atoms with Crippen molar-refractivity contribution in [3.8, 4) is 17.2 Å². The van der Waals surface area contributed by atoms with Crippen molar-refractivity contribution in [1.82, 2.24) is 30.4 Å². The molecule has 0 aliphatic heterocycles. The van der Waals surface area contributed by atoms with Crippen LogP contribution in [0.25, 0.3) is 17.2 Å². The average molecular weight is 449 g/mol. The molecular weight excluding hydrogens is 430 g/mol. The summed E-state index contributed by atoms with van der Waals surface area (Å²) in [6, 6.07) is 19.0. The molecule has 2 N–H and O–H groups in total. The lowest BCUT2D eigenvalue weighted by atomic mass is 10.2. The normalized spacial score (nSPS) is 10.7. The Balaban J connectivity index is 1.56. The first kappa shape index (κ1) is 21.2. The van der Waals surface area contributed by atoms with E-state index in [9.17, 15) is 9.59 Å². The number of rotatable bonds is 8. The number of benzene rings is 2. The van der Waals surface area contributed by atoms with Gasteiger partial charge < -0.3 is 10.6 Å². The number of anilines is 1. The number of amides is 2. The van der Waals surface area contributed by atoms with Crippen molar-refractivity contribution < 1.29 is 14.2 Å². The number of hydrogen-bond acceptors (Lipinski definition) is 8. The molecular formula is C21H19N7O3S. The van der Waals surface area contributed by atoms with Gasteiger partial charge in [-0.3, -0.25) is 14.2 Å². The van der Waals surface area contributed by atoms with Crippen molar-refractivity contribution in [2.45, 2.75) is 18.6 Å². The summed E-state index contributed by atoms with van der Waals surface area (Å²) in [4.78, 5) is 23.9. The molecule has 4 rings (SSSR count).